The quantitative estimate of drug-likeness (QED) is 0.547. The first kappa shape index (κ1) is 22.8. The first-order valence-corrected chi connectivity index (χ1v) is 10.2. The Morgan fingerprint density at radius 2 is 2.06 bits per heavy atom. The molecule has 3 rings (SSSR count). The lowest BCUT2D eigenvalue weighted by Crippen LogP contribution is -2.35. The van der Waals surface area contributed by atoms with Gasteiger partial charge in [-0.15, -0.1) is 0 Å². The van der Waals surface area contributed by atoms with E-state index in [2.05, 4.69) is 15.5 Å². The summed E-state index contributed by atoms with van der Waals surface area (Å²) < 4.78 is 43.9. The standard InChI is InChI=1S/C19H16ClF3N4O3S/c1-27(9-15(28)24-12-2-3-14(20)13(8-12)19(21,22)23)17(29)5-4-16-25-18(26-30-16)11-6-7-31-10-11/h2-3,6-8,10H,4-5,9H2,1H3,(H,24,28). The van der Waals surface area contributed by atoms with Crippen molar-refractivity contribution in [2.24, 2.45) is 0 Å². The van der Waals surface area contributed by atoms with Gasteiger partial charge in [0.2, 0.25) is 23.5 Å². The summed E-state index contributed by atoms with van der Waals surface area (Å²) in [7, 11) is 1.41. The molecule has 0 fully saturated rings. The Labute approximate surface area is 183 Å². The first-order chi connectivity index (χ1) is 14.6. The number of aromatic nitrogens is 2. The monoisotopic (exact) mass is 472 g/mol. The van der Waals surface area contributed by atoms with Crippen molar-refractivity contribution in [3.8, 4) is 11.4 Å². The van der Waals surface area contributed by atoms with Crippen LogP contribution in [0.3, 0.4) is 0 Å². The predicted octanol–water partition coefficient (Wildman–Crippen LogP) is 4.50. The lowest BCUT2D eigenvalue weighted by molar-refractivity contribution is -0.137. The van der Waals surface area contributed by atoms with Gasteiger partial charge in [-0.2, -0.15) is 29.5 Å². The largest absolute Gasteiger partial charge is 0.417 e. The molecular formula is C19H16ClF3N4O3S. The molecule has 31 heavy (non-hydrogen) atoms. The molecule has 0 bridgehead atoms. The fourth-order valence-corrected chi connectivity index (χ4v) is 3.45. The van der Waals surface area contributed by atoms with Crippen LogP contribution in [0, 0.1) is 0 Å². The zero-order chi connectivity index (χ0) is 22.6. The van der Waals surface area contributed by atoms with Crippen LogP contribution in [0.25, 0.3) is 11.4 Å². The highest BCUT2D eigenvalue weighted by molar-refractivity contribution is 7.08. The van der Waals surface area contributed by atoms with Gasteiger partial charge in [0.05, 0.1) is 17.1 Å². The summed E-state index contributed by atoms with van der Waals surface area (Å²) in [5.41, 5.74) is -0.317. The van der Waals surface area contributed by atoms with Crippen LogP contribution >= 0.6 is 22.9 Å². The third kappa shape index (κ3) is 6.05. The van der Waals surface area contributed by atoms with E-state index in [0.29, 0.717) is 5.82 Å². The fourth-order valence-electron chi connectivity index (χ4n) is 2.59. The molecule has 164 valence electrons. The van der Waals surface area contributed by atoms with Gasteiger partial charge in [-0.3, -0.25) is 9.59 Å². The van der Waals surface area contributed by atoms with Crippen LogP contribution in [0.5, 0.6) is 0 Å². The lowest BCUT2D eigenvalue weighted by atomic mass is 10.2. The van der Waals surface area contributed by atoms with Gasteiger partial charge in [-0.05, 0) is 29.6 Å². The SMILES string of the molecule is CN(CC(=O)Nc1ccc(Cl)c(C(F)(F)F)c1)C(=O)CCc1nc(-c2ccsc2)no1. The van der Waals surface area contributed by atoms with Crippen molar-refractivity contribution in [1.29, 1.82) is 0 Å². The number of aryl methyl sites for hydroxylation is 1. The molecule has 0 unspecified atom stereocenters. The summed E-state index contributed by atoms with van der Waals surface area (Å²) in [6.07, 6.45) is -4.44. The minimum atomic E-state index is -4.65. The number of thiophene rings is 1. The number of hydrogen-bond acceptors (Lipinski definition) is 6. The molecule has 0 saturated carbocycles. The second kappa shape index (κ2) is 9.48. The molecule has 0 aliphatic carbocycles. The molecule has 0 atom stereocenters. The Bertz CT molecular complexity index is 1070. The highest BCUT2D eigenvalue weighted by atomic mass is 35.5. The minimum absolute atomic E-state index is 0.0220. The average molecular weight is 473 g/mol. The van der Waals surface area contributed by atoms with E-state index >= 15 is 0 Å². The second-order valence-corrected chi connectivity index (χ2v) is 7.70. The number of likely N-dealkylation sites (N-methyl/N-ethyl adjacent to an activating group) is 1. The molecule has 12 heteroatoms. The van der Waals surface area contributed by atoms with E-state index in [9.17, 15) is 22.8 Å². The minimum Gasteiger partial charge on any atom is -0.339 e. The number of halogens is 4. The van der Waals surface area contributed by atoms with Crippen LogP contribution < -0.4 is 5.32 Å². The van der Waals surface area contributed by atoms with Crippen molar-refractivity contribution in [2.75, 3.05) is 18.9 Å². The Hall–Kier alpha value is -2.92. The van der Waals surface area contributed by atoms with Crippen LogP contribution in [0.4, 0.5) is 18.9 Å². The third-order valence-corrected chi connectivity index (χ3v) is 5.18. The molecule has 0 radical (unpaired) electrons. The summed E-state index contributed by atoms with van der Waals surface area (Å²) in [5.74, 6) is -0.299. The molecule has 2 aromatic heterocycles. The van der Waals surface area contributed by atoms with Crippen LogP contribution in [-0.2, 0) is 22.2 Å². The van der Waals surface area contributed by atoms with Gasteiger partial charge in [0, 0.05) is 36.5 Å². The molecule has 1 N–H and O–H groups in total. The van der Waals surface area contributed by atoms with Gasteiger partial charge >= 0.3 is 6.18 Å². The molecule has 1 aromatic carbocycles. The van der Waals surface area contributed by atoms with E-state index in [0.717, 1.165) is 22.6 Å². The van der Waals surface area contributed by atoms with E-state index in [1.165, 1.54) is 24.5 Å². The number of anilines is 1. The molecular weight excluding hydrogens is 457 g/mol. The molecule has 0 saturated heterocycles. The summed E-state index contributed by atoms with van der Waals surface area (Å²) >= 11 is 7.05. The van der Waals surface area contributed by atoms with E-state index in [1.807, 2.05) is 16.8 Å². The summed E-state index contributed by atoms with van der Waals surface area (Å²) in [4.78, 5) is 29.8. The van der Waals surface area contributed by atoms with Crippen molar-refractivity contribution in [3.63, 3.8) is 0 Å². The number of nitrogens with zero attached hydrogens (tertiary/aromatic N) is 3. The van der Waals surface area contributed by atoms with Crippen LogP contribution in [-0.4, -0.2) is 40.4 Å². The summed E-state index contributed by atoms with van der Waals surface area (Å²) in [6, 6.07) is 4.87. The van der Waals surface area contributed by atoms with Crippen molar-refractivity contribution in [3.05, 3.63) is 51.5 Å². The lowest BCUT2D eigenvalue weighted by Gasteiger charge is -2.17. The van der Waals surface area contributed by atoms with Crippen molar-refractivity contribution in [1.82, 2.24) is 15.0 Å². The third-order valence-electron chi connectivity index (χ3n) is 4.16. The Balaban J connectivity index is 1.51. The van der Waals surface area contributed by atoms with Gasteiger partial charge in [0.25, 0.3) is 0 Å². The number of rotatable bonds is 7. The Morgan fingerprint density at radius 1 is 1.29 bits per heavy atom. The molecule has 0 aliphatic rings. The zero-order valence-electron chi connectivity index (χ0n) is 16.1. The fraction of sp³-hybridized carbons (Fsp3) is 0.263. The summed E-state index contributed by atoms with van der Waals surface area (Å²) in [5, 5.41) is 9.45. The zero-order valence-corrected chi connectivity index (χ0v) is 17.6. The van der Waals surface area contributed by atoms with Crippen LogP contribution in [0.15, 0.2) is 39.5 Å². The van der Waals surface area contributed by atoms with E-state index in [-0.39, 0.29) is 36.9 Å². The number of carbonyl (C=O) groups is 2. The number of alkyl halides is 3. The number of nitrogens with one attached hydrogen (secondary N) is 1. The van der Waals surface area contributed by atoms with Gasteiger partial charge in [-0.25, -0.2) is 0 Å². The molecule has 0 spiro atoms. The topological polar surface area (TPSA) is 88.3 Å². The highest BCUT2D eigenvalue weighted by Crippen LogP contribution is 2.36. The second-order valence-electron chi connectivity index (χ2n) is 6.51. The number of carbonyl (C=O) groups excluding carboxylic acids is 2. The Kier molecular flexibility index (Phi) is 6.96. The maximum atomic E-state index is 12.9. The van der Waals surface area contributed by atoms with Gasteiger partial charge in [-0.1, -0.05) is 16.8 Å². The van der Waals surface area contributed by atoms with Crippen molar-refractivity contribution < 1.29 is 27.3 Å². The van der Waals surface area contributed by atoms with E-state index in [4.69, 9.17) is 16.1 Å². The molecule has 2 heterocycles. The maximum absolute atomic E-state index is 12.9. The van der Waals surface area contributed by atoms with E-state index in [1.54, 1.807) is 0 Å². The molecule has 3 aromatic rings. The molecule has 2 amide bonds. The maximum Gasteiger partial charge on any atom is 0.417 e. The van der Waals surface area contributed by atoms with Crippen molar-refractivity contribution in [2.45, 2.75) is 19.0 Å². The first-order valence-electron chi connectivity index (χ1n) is 8.89. The number of amides is 2. The van der Waals surface area contributed by atoms with Gasteiger partial charge in [0.1, 0.15) is 0 Å². The highest BCUT2D eigenvalue weighted by Gasteiger charge is 2.33. The van der Waals surface area contributed by atoms with Crippen molar-refractivity contribution >= 4 is 40.4 Å². The van der Waals surface area contributed by atoms with E-state index < -0.39 is 22.7 Å². The normalized spacial score (nSPS) is 11.4. The molecule has 7 nitrogen and oxygen atoms in total. The van der Waals surface area contributed by atoms with Crippen LogP contribution in [0.1, 0.15) is 17.9 Å². The number of benzene rings is 1. The summed E-state index contributed by atoms with van der Waals surface area (Å²) in [6.45, 7) is -0.340. The van der Waals surface area contributed by atoms with Gasteiger partial charge < -0.3 is 14.7 Å². The number of hydrogen-bond donors (Lipinski definition) is 1. The Morgan fingerprint density at radius 3 is 2.74 bits per heavy atom. The van der Waals surface area contributed by atoms with Crippen LogP contribution in [0.2, 0.25) is 5.02 Å². The molecule has 0 aliphatic heterocycles. The smallest absolute Gasteiger partial charge is 0.339 e. The predicted molar refractivity (Wildman–Crippen MR) is 109 cm³/mol. The average Bonchev–Trinajstić information content (AvgIpc) is 3.38. The van der Waals surface area contributed by atoms with Gasteiger partial charge in [0.15, 0.2) is 0 Å².